The van der Waals surface area contributed by atoms with E-state index in [0.717, 1.165) is 4.90 Å². The first-order valence-electron chi connectivity index (χ1n) is 5.70. The van der Waals surface area contributed by atoms with Gasteiger partial charge >= 0.3 is 0 Å². The quantitative estimate of drug-likeness (QED) is 0.310. The van der Waals surface area contributed by atoms with Gasteiger partial charge in [0.1, 0.15) is 0 Å². The van der Waals surface area contributed by atoms with Gasteiger partial charge in [0.05, 0.1) is 10.3 Å². The SMILES string of the molecule is CC1(Cl)C=CC(Cl)C(Cl)(Cl)C1(Cl)SSc1ccccc1. The second-order valence-corrected chi connectivity index (χ2v) is 10.4. The monoisotopic (exact) mass is 406 g/mol. The Labute approximate surface area is 151 Å². The third-order valence-corrected chi connectivity index (χ3v) is 10.0. The van der Waals surface area contributed by atoms with Gasteiger partial charge in [0, 0.05) is 4.90 Å². The zero-order valence-electron chi connectivity index (χ0n) is 10.3. The van der Waals surface area contributed by atoms with Crippen molar-refractivity contribution >= 4 is 79.6 Å². The Morgan fingerprint density at radius 3 is 2.25 bits per heavy atom. The molecule has 1 aliphatic carbocycles. The van der Waals surface area contributed by atoms with E-state index < -0.39 is 18.8 Å². The molecule has 0 bridgehead atoms. The summed E-state index contributed by atoms with van der Waals surface area (Å²) < 4.78 is -2.57. The molecule has 0 nitrogen and oxygen atoms in total. The van der Waals surface area contributed by atoms with E-state index >= 15 is 0 Å². The van der Waals surface area contributed by atoms with Crippen molar-refractivity contribution in [2.45, 2.75) is 30.6 Å². The van der Waals surface area contributed by atoms with E-state index in [1.807, 2.05) is 30.3 Å². The predicted molar refractivity (Wildman–Crippen MR) is 96.0 cm³/mol. The van der Waals surface area contributed by atoms with Gasteiger partial charge in [-0.25, -0.2) is 0 Å². The molecule has 20 heavy (non-hydrogen) atoms. The summed E-state index contributed by atoms with van der Waals surface area (Å²) in [5.41, 5.74) is 0. The van der Waals surface area contributed by atoms with Crippen LogP contribution in [-0.4, -0.2) is 18.8 Å². The van der Waals surface area contributed by atoms with Crippen molar-refractivity contribution in [3.63, 3.8) is 0 Å². The molecule has 0 aliphatic heterocycles. The van der Waals surface area contributed by atoms with Gasteiger partial charge in [-0.15, -0.1) is 34.8 Å². The third kappa shape index (κ3) is 3.08. The third-order valence-electron chi connectivity index (χ3n) is 2.98. The van der Waals surface area contributed by atoms with Crippen LogP contribution < -0.4 is 0 Å². The minimum Gasteiger partial charge on any atom is -0.115 e. The lowest BCUT2D eigenvalue weighted by atomic mass is 9.94. The van der Waals surface area contributed by atoms with Gasteiger partial charge in [-0.3, -0.25) is 0 Å². The summed E-state index contributed by atoms with van der Waals surface area (Å²) >= 11 is 32.2. The standard InChI is InChI=1S/C13H11Cl5S2/c1-11(15)8-7-10(14)12(16,17)13(11,18)20-19-9-5-3-2-4-6-9/h2-8,10H,1H3. The van der Waals surface area contributed by atoms with Gasteiger partial charge in [-0.2, -0.15) is 0 Å². The van der Waals surface area contributed by atoms with Crippen LogP contribution in [0.1, 0.15) is 6.92 Å². The van der Waals surface area contributed by atoms with Crippen molar-refractivity contribution in [1.29, 1.82) is 0 Å². The fraction of sp³-hybridized carbons (Fsp3) is 0.385. The van der Waals surface area contributed by atoms with Crippen molar-refractivity contribution in [1.82, 2.24) is 0 Å². The fourth-order valence-electron chi connectivity index (χ4n) is 1.72. The normalized spacial score (nSPS) is 36.0. The molecule has 1 aromatic carbocycles. The molecular formula is C13H11Cl5S2. The van der Waals surface area contributed by atoms with Crippen molar-refractivity contribution in [2.75, 3.05) is 0 Å². The van der Waals surface area contributed by atoms with Crippen LogP contribution in [0.3, 0.4) is 0 Å². The van der Waals surface area contributed by atoms with E-state index in [1.54, 1.807) is 19.1 Å². The highest BCUT2D eigenvalue weighted by Crippen LogP contribution is 2.64. The summed E-state index contributed by atoms with van der Waals surface area (Å²) in [6.07, 6.45) is 3.43. The molecule has 0 amide bonds. The summed E-state index contributed by atoms with van der Waals surface area (Å²) in [6.45, 7) is 1.78. The minimum atomic E-state index is -1.40. The molecule has 0 aromatic heterocycles. The number of halogens is 5. The molecule has 3 atom stereocenters. The minimum absolute atomic E-state index is 0.612. The van der Waals surface area contributed by atoms with Gasteiger partial charge in [0.2, 0.25) is 0 Å². The molecule has 7 heteroatoms. The van der Waals surface area contributed by atoms with Crippen LogP contribution in [0.15, 0.2) is 47.4 Å². The molecule has 2 rings (SSSR count). The van der Waals surface area contributed by atoms with Crippen molar-refractivity contribution in [2.24, 2.45) is 0 Å². The van der Waals surface area contributed by atoms with E-state index in [9.17, 15) is 0 Å². The average Bonchev–Trinajstić information content (AvgIpc) is 2.41. The maximum absolute atomic E-state index is 6.71. The smallest absolute Gasteiger partial charge is 0.115 e. The fourth-order valence-corrected chi connectivity index (χ4v) is 6.98. The first-order valence-corrected chi connectivity index (χ1v) is 9.80. The lowest BCUT2D eigenvalue weighted by Gasteiger charge is -2.48. The van der Waals surface area contributed by atoms with E-state index in [2.05, 4.69) is 0 Å². The van der Waals surface area contributed by atoms with Crippen LogP contribution in [-0.2, 0) is 0 Å². The average molecular weight is 409 g/mol. The Hall–Kier alpha value is 1.11. The zero-order chi connectivity index (χ0) is 15.0. The van der Waals surface area contributed by atoms with Crippen LogP contribution in [0, 0.1) is 0 Å². The first kappa shape index (κ1) is 17.5. The number of benzene rings is 1. The topological polar surface area (TPSA) is 0 Å². The zero-order valence-corrected chi connectivity index (χ0v) is 15.7. The van der Waals surface area contributed by atoms with E-state index in [0.29, 0.717) is 0 Å². The lowest BCUT2D eigenvalue weighted by molar-refractivity contribution is 0.560. The van der Waals surface area contributed by atoms with Gasteiger partial charge in [-0.1, -0.05) is 75.1 Å². The molecule has 0 heterocycles. The molecule has 0 radical (unpaired) electrons. The maximum Gasteiger partial charge on any atom is 0.169 e. The molecule has 0 saturated heterocycles. The molecule has 110 valence electrons. The van der Waals surface area contributed by atoms with Crippen molar-refractivity contribution in [3.8, 4) is 0 Å². The number of alkyl halides is 5. The lowest BCUT2D eigenvalue weighted by Crippen LogP contribution is -2.57. The molecular weight excluding hydrogens is 398 g/mol. The first-order chi connectivity index (χ1) is 9.21. The van der Waals surface area contributed by atoms with Gasteiger partial charge in [0.15, 0.2) is 8.54 Å². The van der Waals surface area contributed by atoms with Crippen LogP contribution in [0.25, 0.3) is 0 Å². The van der Waals surface area contributed by atoms with E-state index in [-0.39, 0.29) is 0 Å². The van der Waals surface area contributed by atoms with Gasteiger partial charge in [-0.05, 0) is 19.1 Å². The Morgan fingerprint density at radius 1 is 1.05 bits per heavy atom. The van der Waals surface area contributed by atoms with Gasteiger partial charge < -0.3 is 0 Å². The predicted octanol–water partition coefficient (Wildman–Crippen LogP) is 6.71. The van der Waals surface area contributed by atoms with Crippen molar-refractivity contribution in [3.05, 3.63) is 42.5 Å². The molecule has 1 aromatic rings. The van der Waals surface area contributed by atoms with E-state index in [1.165, 1.54) is 21.6 Å². The van der Waals surface area contributed by atoms with Crippen LogP contribution >= 0.6 is 79.6 Å². The summed E-state index contributed by atoms with van der Waals surface area (Å²) in [5, 5.41) is -0.612. The molecule has 3 unspecified atom stereocenters. The Kier molecular flexibility index (Phi) is 5.51. The Morgan fingerprint density at radius 2 is 1.65 bits per heavy atom. The van der Waals surface area contributed by atoms with Crippen LogP contribution in [0.2, 0.25) is 0 Å². The highest BCUT2D eigenvalue weighted by atomic mass is 35.5. The maximum atomic E-state index is 6.71. The Bertz CT molecular complexity index is 503. The van der Waals surface area contributed by atoms with Crippen LogP contribution in [0.5, 0.6) is 0 Å². The summed E-state index contributed by atoms with van der Waals surface area (Å²) in [4.78, 5) is 0.116. The highest BCUT2D eigenvalue weighted by molar-refractivity contribution is 8.77. The molecule has 0 fully saturated rings. The van der Waals surface area contributed by atoms with Crippen LogP contribution in [0.4, 0.5) is 0 Å². The summed E-state index contributed by atoms with van der Waals surface area (Å²) in [5.74, 6) is 0. The number of allylic oxidation sites excluding steroid dienone is 2. The largest absolute Gasteiger partial charge is 0.169 e. The van der Waals surface area contributed by atoms with E-state index in [4.69, 9.17) is 58.0 Å². The second-order valence-electron chi connectivity index (χ2n) is 4.53. The number of rotatable bonds is 3. The molecule has 1 aliphatic rings. The number of hydrogen-bond acceptors (Lipinski definition) is 2. The highest BCUT2D eigenvalue weighted by Gasteiger charge is 2.64. The Balaban J connectivity index is 2.28. The summed E-state index contributed by atoms with van der Waals surface area (Å²) in [7, 11) is 2.79. The van der Waals surface area contributed by atoms with Crippen molar-refractivity contribution < 1.29 is 0 Å². The summed E-state index contributed by atoms with van der Waals surface area (Å²) in [6, 6.07) is 9.80. The molecule has 0 N–H and O–H groups in total. The molecule has 0 spiro atoms. The second kappa shape index (κ2) is 6.31. The van der Waals surface area contributed by atoms with Gasteiger partial charge in [0.25, 0.3) is 0 Å². The number of hydrogen-bond donors (Lipinski definition) is 0. The molecule has 0 saturated carbocycles.